The zero-order valence-electron chi connectivity index (χ0n) is 15.0. The predicted molar refractivity (Wildman–Crippen MR) is 101 cm³/mol. The van der Waals surface area contributed by atoms with E-state index in [9.17, 15) is 4.79 Å². The Balaban J connectivity index is 1.97. The molecule has 0 saturated heterocycles. The topological polar surface area (TPSA) is 47.6 Å². The fraction of sp³-hybridized carbons (Fsp3) is 0.286. The van der Waals surface area contributed by atoms with Gasteiger partial charge in [0.25, 0.3) is 5.91 Å². The van der Waals surface area contributed by atoms with Gasteiger partial charge in [-0.3, -0.25) is 4.79 Å². The van der Waals surface area contributed by atoms with Crippen molar-refractivity contribution >= 4 is 11.6 Å². The second-order valence-electron chi connectivity index (χ2n) is 6.46. The highest BCUT2D eigenvalue weighted by molar-refractivity contribution is 6.04. The van der Waals surface area contributed by atoms with Crippen molar-refractivity contribution in [1.82, 2.24) is 0 Å². The number of carbonyl (C=O) groups is 1. The molecule has 2 aromatic carbocycles. The Morgan fingerprint density at radius 1 is 1.08 bits per heavy atom. The lowest BCUT2D eigenvalue weighted by Crippen LogP contribution is -2.12. The smallest absolute Gasteiger partial charge is 0.255 e. The molecule has 0 heterocycles. The van der Waals surface area contributed by atoms with E-state index in [0.29, 0.717) is 36.1 Å². The van der Waals surface area contributed by atoms with Crippen LogP contribution in [0.3, 0.4) is 0 Å². The summed E-state index contributed by atoms with van der Waals surface area (Å²) in [6, 6.07) is 14.4. The molecule has 0 fully saturated rings. The summed E-state index contributed by atoms with van der Waals surface area (Å²) in [5, 5.41) is 2.88. The van der Waals surface area contributed by atoms with Gasteiger partial charge in [0.05, 0.1) is 6.61 Å². The third kappa shape index (κ3) is 6.34. The molecule has 2 rings (SSSR count). The molecule has 132 valence electrons. The zero-order valence-corrected chi connectivity index (χ0v) is 15.0. The molecule has 0 aromatic heterocycles. The molecule has 0 aliphatic heterocycles. The maximum Gasteiger partial charge on any atom is 0.255 e. The average molecular weight is 339 g/mol. The maximum absolute atomic E-state index is 12.4. The Kier molecular flexibility index (Phi) is 6.63. The van der Waals surface area contributed by atoms with Crippen LogP contribution in [0.2, 0.25) is 0 Å². The maximum atomic E-state index is 12.4. The average Bonchev–Trinajstić information content (AvgIpc) is 2.59. The molecule has 25 heavy (non-hydrogen) atoms. The van der Waals surface area contributed by atoms with Gasteiger partial charge in [0, 0.05) is 17.3 Å². The van der Waals surface area contributed by atoms with Crippen molar-refractivity contribution in [2.24, 2.45) is 5.92 Å². The first-order valence-corrected chi connectivity index (χ1v) is 8.35. The van der Waals surface area contributed by atoms with Gasteiger partial charge >= 0.3 is 0 Å². The van der Waals surface area contributed by atoms with Crippen LogP contribution in [0.4, 0.5) is 5.69 Å². The zero-order chi connectivity index (χ0) is 18.2. The van der Waals surface area contributed by atoms with Crippen LogP contribution in [0.25, 0.3) is 0 Å². The summed E-state index contributed by atoms with van der Waals surface area (Å²) in [5.74, 6) is 1.73. The van der Waals surface area contributed by atoms with Gasteiger partial charge in [0.1, 0.15) is 18.1 Å². The molecule has 0 aliphatic carbocycles. The van der Waals surface area contributed by atoms with Crippen LogP contribution in [0.1, 0.15) is 31.1 Å². The van der Waals surface area contributed by atoms with Gasteiger partial charge in [0.15, 0.2) is 0 Å². The van der Waals surface area contributed by atoms with Gasteiger partial charge in [-0.2, -0.15) is 0 Å². The lowest BCUT2D eigenvalue weighted by atomic mass is 10.2. The SMILES string of the molecule is C=C(C)COc1ccc(C(=O)Nc2cccc(OCC(C)C)c2)cc1. The van der Waals surface area contributed by atoms with Gasteiger partial charge in [-0.1, -0.05) is 26.5 Å². The van der Waals surface area contributed by atoms with Gasteiger partial charge in [-0.25, -0.2) is 0 Å². The summed E-state index contributed by atoms with van der Waals surface area (Å²) in [6.07, 6.45) is 0. The molecule has 0 radical (unpaired) electrons. The highest BCUT2D eigenvalue weighted by Gasteiger charge is 2.07. The van der Waals surface area contributed by atoms with Crippen LogP contribution in [0.5, 0.6) is 11.5 Å². The lowest BCUT2D eigenvalue weighted by molar-refractivity contribution is 0.102. The van der Waals surface area contributed by atoms with E-state index in [1.165, 1.54) is 0 Å². The van der Waals surface area contributed by atoms with Gasteiger partial charge < -0.3 is 14.8 Å². The molecule has 1 N–H and O–H groups in total. The number of benzene rings is 2. The first-order chi connectivity index (χ1) is 11.9. The summed E-state index contributed by atoms with van der Waals surface area (Å²) >= 11 is 0. The van der Waals surface area contributed by atoms with E-state index in [-0.39, 0.29) is 5.91 Å². The highest BCUT2D eigenvalue weighted by Crippen LogP contribution is 2.19. The summed E-state index contributed by atoms with van der Waals surface area (Å²) in [5.41, 5.74) is 2.21. The van der Waals surface area contributed by atoms with Crippen LogP contribution in [-0.2, 0) is 0 Å². The minimum absolute atomic E-state index is 0.174. The second-order valence-corrected chi connectivity index (χ2v) is 6.46. The van der Waals surface area contributed by atoms with E-state index >= 15 is 0 Å². The summed E-state index contributed by atoms with van der Waals surface area (Å²) in [7, 11) is 0. The van der Waals surface area contributed by atoms with Crippen molar-refractivity contribution in [2.75, 3.05) is 18.5 Å². The molecule has 4 heteroatoms. The molecule has 0 spiro atoms. The van der Waals surface area contributed by atoms with E-state index < -0.39 is 0 Å². The van der Waals surface area contributed by atoms with E-state index in [4.69, 9.17) is 9.47 Å². The molecule has 0 bridgehead atoms. The van der Waals surface area contributed by atoms with Gasteiger partial charge in [-0.05, 0) is 54.8 Å². The minimum atomic E-state index is -0.174. The molecular weight excluding hydrogens is 314 g/mol. The normalized spacial score (nSPS) is 10.4. The molecule has 0 saturated carbocycles. The van der Waals surface area contributed by atoms with Crippen molar-refractivity contribution in [2.45, 2.75) is 20.8 Å². The third-order valence-electron chi connectivity index (χ3n) is 3.28. The van der Waals surface area contributed by atoms with Gasteiger partial charge in [-0.15, -0.1) is 0 Å². The van der Waals surface area contributed by atoms with Crippen molar-refractivity contribution in [3.63, 3.8) is 0 Å². The van der Waals surface area contributed by atoms with Crippen molar-refractivity contribution in [3.05, 3.63) is 66.2 Å². The molecule has 2 aromatic rings. The predicted octanol–water partition coefficient (Wildman–Crippen LogP) is 4.93. The van der Waals surface area contributed by atoms with Crippen molar-refractivity contribution in [1.29, 1.82) is 0 Å². The monoisotopic (exact) mass is 339 g/mol. The molecule has 0 unspecified atom stereocenters. The van der Waals surface area contributed by atoms with E-state index in [0.717, 1.165) is 11.3 Å². The fourth-order valence-corrected chi connectivity index (χ4v) is 2.04. The summed E-state index contributed by atoms with van der Waals surface area (Å²) < 4.78 is 11.2. The standard InChI is InChI=1S/C21H25NO3/c1-15(2)13-24-19-10-8-17(9-11-19)21(23)22-18-6-5-7-20(12-18)25-14-16(3)4/h5-12,16H,1,13-14H2,2-4H3,(H,22,23). The van der Waals surface area contributed by atoms with E-state index in [2.05, 4.69) is 25.7 Å². The Morgan fingerprint density at radius 3 is 2.44 bits per heavy atom. The first kappa shape index (κ1) is 18.6. The van der Waals surface area contributed by atoms with Crippen molar-refractivity contribution in [3.8, 4) is 11.5 Å². The van der Waals surface area contributed by atoms with E-state index in [1.807, 2.05) is 31.2 Å². The van der Waals surface area contributed by atoms with Crippen LogP contribution >= 0.6 is 0 Å². The number of rotatable bonds is 8. The number of carbonyl (C=O) groups excluding carboxylic acids is 1. The lowest BCUT2D eigenvalue weighted by Gasteiger charge is -2.11. The summed E-state index contributed by atoms with van der Waals surface area (Å²) in [6.45, 7) is 11.0. The number of hydrogen-bond donors (Lipinski definition) is 1. The molecule has 4 nitrogen and oxygen atoms in total. The molecule has 1 amide bonds. The Hall–Kier alpha value is -2.75. The third-order valence-corrected chi connectivity index (χ3v) is 3.28. The first-order valence-electron chi connectivity index (χ1n) is 8.35. The largest absolute Gasteiger partial charge is 0.493 e. The number of ether oxygens (including phenoxy) is 2. The number of hydrogen-bond acceptors (Lipinski definition) is 3. The van der Waals surface area contributed by atoms with E-state index in [1.54, 1.807) is 24.3 Å². The van der Waals surface area contributed by atoms with Crippen molar-refractivity contribution < 1.29 is 14.3 Å². The Labute approximate surface area is 149 Å². The quantitative estimate of drug-likeness (QED) is 0.694. The number of amides is 1. The fourth-order valence-electron chi connectivity index (χ4n) is 2.04. The highest BCUT2D eigenvalue weighted by atomic mass is 16.5. The van der Waals surface area contributed by atoms with Crippen LogP contribution in [0.15, 0.2) is 60.7 Å². The van der Waals surface area contributed by atoms with Crippen LogP contribution < -0.4 is 14.8 Å². The Bertz CT molecular complexity index is 720. The molecule has 0 atom stereocenters. The molecule has 0 aliphatic rings. The van der Waals surface area contributed by atoms with Gasteiger partial charge in [0.2, 0.25) is 0 Å². The molecular formula is C21H25NO3. The Morgan fingerprint density at radius 2 is 1.80 bits per heavy atom. The van der Waals surface area contributed by atoms with Crippen LogP contribution in [-0.4, -0.2) is 19.1 Å². The number of anilines is 1. The summed E-state index contributed by atoms with van der Waals surface area (Å²) in [4.78, 5) is 12.4. The number of nitrogens with one attached hydrogen (secondary N) is 1. The second kappa shape index (κ2) is 8.92. The van der Waals surface area contributed by atoms with Crippen LogP contribution in [0, 0.1) is 5.92 Å². The minimum Gasteiger partial charge on any atom is -0.493 e.